The van der Waals surface area contributed by atoms with Crippen molar-refractivity contribution in [2.24, 2.45) is 0 Å². The molecule has 0 radical (unpaired) electrons. The molecule has 114 valence electrons. The van der Waals surface area contributed by atoms with Crippen molar-refractivity contribution >= 4 is 11.6 Å². The molecule has 0 saturated heterocycles. The first-order valence-corrected chi connectivity index (χ1v) is 7.53. The minimum atomic E-state index is -0.250. The van der Waals surface area contributed by atoms with Gasteiger partial charge in [0, 0.05) is 23.1 Å². The zero-order valence-electron chi connectivity index (χ0n) is 12.9. The topological polar surface area (TPSA) is 61.9 Å². The summed E-state index contributed by atoms with van der Waals surface area (Å²) in [7, 11) is 0. The van der Waals surface area contributed by atoms with Gasteiger partial charge >= 0.3 is 0 Å². The Morgan fingerprint density at radius 2 is 1.87 bits per heavy atom. The minimum Gasteiger partial charge on any atom is -0.294 e. The highest BCUT2D eigenvalue weighted by atomic mass is 16.2. The Labute approximate surface area is 134 Å². The fourth-order valence-corrected chi connectivity index (χ4v) is 3.09. The highest BCUT2D eigenvalue weighted by molar-refractivity contribution is 6.10. The summed E-state index contributed by atoms with van der Waals surface area (Å²) in [4.78, 5) is 19.1. The van der Waals surface area contributed by atoms with Crippen LogP contribution < -0.4 is 4.90 Å². The van der Waals surface area contributed by atoms with Crippen molar-refractivity contribution in [2.45, 2.75) is 19.9 Å². The molecule has 1 aromatic carbocycles. The average Bonchev–Trinajstić information content (AvgIpc) is 3.08. The molecule has 0 spiro atoms. The van der Waals surface area contributed by atoms with Gasteiger partial charge < -0.3 is 0 Å². The van der Waals surface area contributed by atoms with Crippen molar-refractivity contribution in [3.05, 3.63) is 76.9 Å². The second-order valence-corrected chi connectivity index (χ2v) is 5.78. The van der Waals surface area contributed by atoms with Crippen LogP contribution in [0.1, 0.15) is 39.0 Å². The van der Waals surface area contributed by atoms with E-state index in [0.717, 1.165) is 28.2 Å². The number of hydrogen-bond acceptors (Lipinski definition) is 3. The Hall–Kier alpha value is -2.95. The number of nitrogens with one attached hydrogen (secondary N) is 1. The maximum absolute atomic E-state index is 12.9. The van der Waals surface area contributed by atoms with Crippen LogP contribution in [0.4, 0.5) is 5.69 Å². The van der Waals surface area contributed by atoms with Crippen LogP contribution >= 0.6 is 0 Å². The summed E-state index contributed by atoms with van der Waals surface area (Å²) in [6.07, 6.45) is 1.75. The van der Waals surface area contributed by atoms with Gasteiger partial charge in [0.1, 0.15) is 6.04 Å². The fourth-order valence-electron chi connectivity index (χ4n) is 3.09. The number of amides is 1. The summed E-state index contributed by atoms with van der Waals surface area (Å²) >= 11 is 0. The standard InChI is InChI=1S/C18H16N4O/c1-11-6-8-13(9-7-11)22-17(14-5-3-4-10-19-14)15-12(2)20-21-16(15)18(22)23/h3-10,17H,1-2H3,(H,20,21)/t17-/m0/s1. The number of nitrogens with zero attached hydrogens (tertiary/aromatic N) is 3. The van der Waals surface area contributed by atoms with Gasteiger partial charge in [-0.25, -0.2) is 0 Å². The van der Waals surface area contributed by atoms with Crippen LogP contribution in [0.25, 0.3) is 0 Å². The number of carbonyl (C=O) groups is 1. The molecule has 3 heterocycles. The molecule has 0 bridgehead atoms. The number of rotatable bonds is 2. The molecule has 3 aromatic rings. The van der Waals surface area contributed by atoms with E-state index in [9.17, 15) is 4.79 Å². The normalized spacial score (nSPS) is 16.7. The Kier molecular flexibility index (Phi) is 3.01. The van der Waals surface area contributed by atoms with Crippen LogP contribution in [0.3, 0.4) is 0 Å². The van der Waals surface area contributed by atoms with Crippen molar-refractivity contribution in [1.82, 2.24) is 15.2 Å². The SMILES string of the molecule is Cc1ccc(N2C(=O)c3n[nH]c(C)c3[C@@H]2c2ccccn2)cc1. The molecule has 5 heteroatoms. The van der Waals surface area contributed by atoms with Crippen molar-refractivity contribution in [1.29, 1.82) is 0 Å². The van der Waals surface area contributed by atoms with Gasteiger partial charge in [-0.05, 0) is 38.1 Å². The molecule has 4 rings (SSSR count). The maximum Gasteiger partial charge on any atom is 0.280 e. The van der Waals surface area contributed by atoms with Gasteiger partial charge in [0.2, 0.25) is 0 Å². The highest BCUT2D eigenvalue weighted by Crippen LogP contribution is 2.41. The van der Waals surface area contributed by atoms with E-state index in [1.54, 1.807) is 11.1 Å². The molecular formula is C18H16N4O. The lowest BCUT2D eigenvalue weighted by molar-refractivity contribution is 0.0988. The number of aromatic nitrogens is 3. The molecule has 1 aliphatic heterocycles. The molecule has 0 unspecified atom stereocenters. The molecule has 1 aliphatic rings. The van der Waals surface area contributed by atoms with Crippen molar-refractivity contribution in [3.63, 3.8) is 0 Å². The predicted molar refractivity (Wildman–Crippen MR) is 87.4 cm³/mol. The molecular weight excluding hydrogens is 288 g/mol. The molecule has 23 heavy (non-hydrogen) atoms. The quantitative estimate of drug-likeness (QED) is 0.791. The highest BCUT2D eigenvalue weighted by Gasteiger charge is 2.42. The number of carbonyl (C=O) groups excluding carboxylic acids is 1. The zero-order chi connectivity index (χ0) is 16.0. The van der Waals surface area contributed by atoms with Crippen molar-refractivity contribution in [2.75, 3.05) is 4.90 Å². The first-order chi connectivity index (χ1) is 11.2. The van der Waals surface area contributed by atoms with Gasteiger partial charge in [0.25, 0.3) is 5.91 Å². The van der Waals surface area contributed by atoms with E-state index in [4.69, 9.17) is 0 Å². The van der Waals surface area contributed by atoms with E-state index in [1.165, 1.54) is 0 Å². The van der Waals surface area contributed by atoms with E-state index in [2.05, 4.69) is 15.2 Å². The molecule has 2 aromatic heterocycles. The molecule has 1 atom stereocenters. The van der Waals surface area contributed by atoms with Gasteiger partial charge in [-0.1, -0.05) is 23.8 Å². The second-order valence-electron chi connectivity index (χ2n) is 5.78. The summed E-state index contributed by atoms with van der Waals surface area (Å²) in [5, 5.41) is 7.13. The first kappa shape index (κ1) is 13.7. The van der Waals surface area contributed by atoms with E-state index in [-0.39, 0.29) is 11.9 Å². The second kappa shape index (κ2) is 5.05. The van der Waals surface area contributed by atoms with Crippen LogP contribution in [-0.4, -0.2) is 21.1 Å². The van der Waals surface area contributed by atoms with Gasteiger partial charge in [-0.3, -0.25) is 19.8 Å². The Bertz CT molecular complexity index is 868. The third-order valence-corrected chi connectivity index (χ3v) is 4.23. The van der Waals surface area contributed by atoms with Crippen molar-refractivity contribution < 1.29 is 4.79 Å². The van der Waals surface area contributed by atoms with Gasteiger partial charge in [-0.15, -0.1) is 0 Å². The number of aromatic amines is 1. The van der Waals surface area contributed by atoms with Gasteiger partial charge in [0.05, 0.1) is 5.69 Å². The fraction of sp³-hybridized carbons (Fsp3) is 0.167. The van der Waals surface area contributed by atoms with E-state index >= 15 is 0 Å². The number of anilines is 1. The molecule has 5 nitrogen and oxygen atoms in total. The van der Waals surface area contributed by atoms with Crippen LogP contribution in [0.15, 0.2) is 48.7 Å². The van der Waals surface area contributed by atoms with Gasteiger partial charge in [0.15, 0.2) is 5.69 Å². The van der Waals surface area contributed by atoms with Crippen LogP contribution in [0.2, 0.25) is 0 Å². The Morgan fingerprint density at radius 1 is 1.09 bits per heavy atom. The third kappa shape index (κ3) is 2.04. The van der Waals surface area contributed by atoms with Crippen molar-refractivity contribution in [3.8, 4) is 0 Å². The summed E-state index contributed by atoms with van der Waals surface area (Å²) in [5.41, 5.74) is 5.15. The monoisotopic (exact) mass is 304 g/mol. The zero-order valence-corrected chi connectivity index (χ0v) is 12.9. The molecule has 0 fully saturated rings. The molecule has 1 amide bonds. The maximum atomic E-state index is 12.9. The van der Waals surface area contributed by atoms with Gasteiger partial charge in [-0.2, -0.15) is 5.10 Å². The number of benzene rings is 1. The molecule has 0 aliphatic carbocycles. The Balaban J connectivity index is 1.91. The summed E-state index contributed by atoms with van der Waals surface area (Å²) in [6, 6.07) is 13.5. The largest absolute Gasteiger partial charge is 0.294 e. The smallest absolute Gasteiger partial charge is 0.280 e. The van der Waals surface area contributed by atoms with Crippen LogP contribution in [-0.2, 0) is 0 Å². The van der Waals surface area contributed by atoms with E-state index in [0.29, 0.717) is 5.69 Å². The van der Waals surface area contributed by atoms with E-state index < -0.39 is 0 Å². The number of pyridine rings is 1. The molecule has 1 N–H and O–H groups in total. The lowest BCUT2D eigenvalue weighted by Gasteiger charge is -2.25. The number of aryl methyl sites for hydroxylation is 2. The van der Waals surface area contributed by atoms with Crippen LogP contribution in [0.5, 0.6) is 0 Å². The summed E-state index contributed by atoms with van der Waals surface area (Å²) in [6.45, 7) is 3.97. The lowest BCUT2D eigenvalue weighted by atomic mass is 10.0. The Morgan fingerprint density at radius 3 is 2.57 bits per heavy atom. The number of H-pyrrole nitrogens is 1. The van der Waals surface area contributed by atoms with E-state index in [1.807, 2.05) is 56.3 Å². The lowest BCUT2D eigenvalue weighted by Crippen LogP contribution is -2.29. The predicted octanol–water partition coefficient (Wildman–Crippen LogP) is 3.17. The summed E-state index contributed by atoms with van der Waals surface area (Å²) < 4.78 is 0. The first-order valence-electron chi connectivity index (χ1n) is 7.53. The molecule has 0 saturated carbocycles. The number of fused-ring (bicyclic) bond motifs is 1. The minimum absolute atomic E-state index is 0.0937. The third-order valence-electron chi connectivity index (χ3n) is 4.23. The number of hydrogen-bond donors (Lipinski definition) is 1. The summed E-state index contributed by atoms with van der Waals surface area (Å²) in [5.74, 6) is -0.0937. The van der Waals surface area contributed by atoms with Crippen LogP contribution in [0, 0.1) is 13.8 Å². The average molecular weight is 304 g/mol.